The van der Waals surface area contributed by atoms with Crippen LogP contribution in [-0.2, 0) is 14.3 Å². The summed E-state index contributed by atoms with van der Waals surface area (Å²) >= 11 is 0. The number of phenolic OH excluding ortho intramolecular Hbond substituents is 2. The highest BCUT2D eigenvalue weighted by atomic mass is 16.7. The summed E-state index contributed by atoms with van der Waals surface area (Å²) in [6, 6.07) is 7.59. The van der Waals surface area contributed by atoms with E-state index < -0.39 is 60.2 Å². The Kier molecular flexibility index (Phi) is 6.54. The maximum absolute atomic E-state index is 12.7. The lowest BCUT2D eigenvalue weighted by Gasteiger charge is -2.39. The first-order valence-electron chi connectivity index (χ1n) is 10.4. The van der Waals surface area contributed by atoms with E-state index in [2.05, 4.69) is 0 Å². The van der Waals surface area contributed by atoms with Gasteiger partial charge in [0.1, 0.15) is 42.4 Å². The number of hydrogen-bond donors (Lipinski definition) is 6. The predicted octanol–water partition coefficient (Wildman–Crippen LogP) is 0.326. The topological polar surface area (TPSA) is 196 Å². The first-order chi connectivity index (χ1) is 16.6. The number of ether oxygens (including phenoxy) is 3. The second-order valence-corrected chi connectivity index (χ2v) is 7.91. The summed E-state index contributed by atoms with van der Waals surface area (Å²) in [4.78, 5) is 23.7. The average molecular weight is 490 g/mol. The van der Waals surface area contributed by atoms with Gasteiger partial charge in [0, 0.05) is 18.6 Å². The maximum Gasteiger partial charge on any atom is 0.302 e. The lowest BCUT2D eigenvalue weighted by Crippen LogP contribution is -2.60. The van der Waals surface area contributed by atoms with Gasteiger partial charge in [-0.1, -0.05) is 0 Å². The molecular weight excluding hydrogens is 468 g/mol. The lowest BCUT2D eigenvalue weighted by atomic mass is 9.99. The minimum absolute atomic E-state index is 0.0395. The van der Waals surface area contributed by atoms with Crippen LogP contribution in [0.5, 0.6) is 23.0 Å². The van der Waals surface area contributed by atoms with Gasteiger partial charge in [0.25, 0.3) is 0 Å². The number of hydrogen-bond acceptors (Lipinski definition) is 12. The first kappa shape index (κ1) is 24.3. The number of esters is 1. The SMILES string of the molecule is CC(=O)OC[C@H]1O[C@@H](Oc2cc3oc(-c4ccc(O)cc4)c(O)c(=O)c3cc2O)[C@H](O)[C@@H](O)[C@@H]1O. The molecule has 1 aromatic heterocycles. The van der Waals surface area contributed by atoms with Crippen molar-refractivity contribution in [3.63, 3.8) is 0 Å². The Morgan fingerprint density at radius 1 is 1.00 bits per heavy atom. The highest BCUT2D eigenvalue weighted by Gasteiger charge is 2.45. The van der Waals surface area contributed by atoms with E-state index in [1.807, 2.05) is 0 Å². The van der Waals surface area contributed by atoms with Gasteiger partial charge in [0.2, 0.25) is 17.5 Å². The third-order valence-corrected chi connectivity index (χ3v) is 5.44. The summed E-state index contributed by atoms with van der Waals surface area (Å²) in [7, 11) is 0. The molecule has 35 heavy (non-hydrogen) atoms. The zero-order valence-corrected chi connectivity index (χ0v) is 18.2. The summed E-state index contributed by atoms with van der Waals surface area (Å²) in [5, 5.41) is 60.5. The van der Waals surface area contributed by atoms with Crippen molar-refractivity contribution >= 4 is 16.9 Å². The summed E-state index contributed by atoms with van der Waals surface area (Å²) in [5.74, 6) is -2.51. The van der Waals surface area contributed by atoms with Crippen LogP contribution in [0.1, 0.15) is 6.92 Å². The van der Waals surface area contributed by atoms with Gasteiger partial charge in [-0.3, -0.25) is 9.59 Å². The van der Waals surface area contributed by atoms with E-state index in [1.54, 1.807) is 0 Å². The number of aromatic hydroxyl groups is 3. The number of fused-ring (bicyclic) bond motifs is 1. The molecule has 0 amide bonds. The van der Waals surface area contributed by atoms with Crippen molar-refractivity contribution in [2.45, 2.75) is 37.6 Å². The van der Waals surface area contributed by atoms with Crippen molar-refractivity contribution < 1.29 is 54.1 Å². The third-order valence-electron chi connectivity index (χ3n) is 5.44. The van der Waals surface area contributed by atoms with E-state index in [0.29, 0.717) is 0 Å². The summed E-state index contributed by atoms with van der Waals surface area (Å²) in [5.41, 5.74) is -0.664. The molecule has 12 nitrogen and oxygen atoms in total. The van der Waals surface area contributed by atoms with Crippen molar-refractivity contribution in [3.8, 4) is 34.3 Å². The predicted molar refractivity (Wildman–Crippen MR) is 117 cm³/mol. The number of carbonyl (C=O) groups is 1. The van der Waals surface area contributed by atoms with E-state index in [9.17, 15) is 40.2 Å². The van der Waals surface area contributed by atoms with E-state index in [4.69, 9.17) is 18.6 Å². The minimum Gasteiger partial charge on any atom is -0.508 e. The third kappa shape index (κ3) is 4.72. The van der Waals surface area contributed by atoms with Gasteiger partial charge < -0.3 is 49.3 Å². The van der Waals surface area contributed by atoms with E-state index >= 15 is 0 Å². The van der Waals surface area contributed by atoms with Crippen LogP contribution in [0.3, 0.4) is 0 Å². The highest BCUT2D eigenvalue weighted by molar-refractivity contribution is 5.84. The van der Waals surface area contributed by atoms with E-state index in [-0.39, 0.29) is 33.8 Å². The zero-order valence-electron chi connectivity index (χ0n) is 18.2. The Hall–Kier alpha value is -3.84. The van der Waals surface area contributed by atoms with Crippen LogP contribution >= 0.6 is 0 Å². The van der Waals surface area contributed by atoms with Gasteiger partial charge in [0.05, 0.1) is 5.39 Å². The Labute approximate surface area is 196 Å². The maximum atomic E-state index is 12.7. The molecule has 12 heteroatoms. The Balaban J connectivity index is 1.69. The first-order valence-corrected chi connectivity index (χ1v) is 10.4. The summed E-state index contributed by atoms with van der Waals surface area (Å²) < 4.78 is 21.4. The smallest absolute Gasteiger partial charge is 0.302 e. The fraction of sp³-hybridized carbons (Fsp3) is 0.304. The monoisotopic (exact) mass is 490 g/mol. The van der Waals surface area contributed by atoms with Crippen LogP contribution in [0.4, 0.5) is 0 Å². The normalized spacial score (nSPS) is 24.3. The van der Waals surface area contributed by atoms with Crippen molar-refractivity contribution in [1.29, 1.82) is 0 Å². The number of aliphatic hydroxyl groups excluding tert-OH is 3. The number of rotatable bonds is 5. The fourth-order valence-electron chi connectivity index (χ4n) is 3.58. The quantitative estimate of drug-likeness (QED) is 0.268. The Bertz CT molecular complexity index is 1300. The molecule has 0 aliphatic carbocycles. The molecule has 1 saturated heterocycles. The van der Waals surface area contributed by atoms with Crippen LogP contribution in [-0.4, -0.2) is 73.9 Å². The van der Waals surface area contributed by atoms with E-state index in [0.717, 1.165) is 19.1 Å². The van der Waals surface area contributed by atoms with Gasteiger partial charge in [-0.2, -0.15) is 0 Å². The fourth-order valence-corrected chi connectivity index (χ4v) is 3.58. The number of carbonyl (C=O) groups excluding carboxylic acids is 1. The molecule has 1 aliphatic heterocycles. The van der Waals surface area contributed by atoms with Gasteiger partial charge in [-0.15, -0.1) is 0 Å². The number of aliphatic hydroxyl groups is 3. The van der Waals surface area contributed by atoms with Gasteiger partial charge >= 0.3 is 5.97 Å². The van der Waals surface area contributed by atoms with E-state index in [1.165, 1.54) is 24.3 Å². The van der Waals surface area contributed by atoms with Crippen molar-refractivity contribution in [2.24, 2.45) is 0 Å². The molecule has 186 valence electrons. The molecule has 0 saturated carbocycles. The molecular formula is C23H22O12. The summed E-state index contributed by atoms with van der Waals surface area (Å²) in [6.07, 6.45) is -7.94. The van der Waals surface area contributed by atoms with Gasteiger partial charge in [0.15, 0.2) is 17.3 Å². The lowest BCUT2D eigenvalue weighted by molar-refractivity contribution is -0.278. The van der Waals surface area contributed by atoms with Crippen LogP contribution in [0, 0.1) is 0 Å². The van der Waals surface area contributed by atoms with Gasteiger partial charge in [-0.05, 0) is 30.3 Å². The van der Waals surface area contributed by atoms with Crippen LogP contribution < -0.4 is 10.2 Å². The van der Waals surface area contributed by atoms with Crippen LogP contribution in [0.2, 0.25) is 0 Å². The average Bonchev–Trinajstić information content (AvgIpc) is 2.82. The molecule has 4 rings (SSSR count). The summed E-state index contributed by atoms with van der Waals surface area (Å²) in [6.45, 7) is 0.702. The van der Waals surface area contributed by atoms with Crippen molar-refractivity contribution in [2.75, 3.05) is 6.61 Å². The Morgan fingerprint density at radius 3 is 2.34 bits per heavy atom. The minimum atomic E-state index is -1.76. The molecule has 2 aromatic carbocycles. The molecule has 6 N–H and O–H groups in total. The number of benzene rings is 2. The molecule has 0 radical (unpaired) electrons. The van der Waals surface area contributed by atoms with Gasteiger partial charge in [-0.25, -0.2) is 0 Å². The largest absolute Gasteiger partial charge is 0.508 e. The zero-order chi connectivity index (χ0) is 25.4. The second kappa shape index (κ2) is 9.43. The molecule has 1 aliphatic rings. The van der Waals surface area contributed by atoms with Crippen molar-refractivity contribution in [3.05, 3.63) is 46.6 Å². The van der Waals surface area contributed by atoms with Crippen LogP contribution in [0.15, 0.2) is 45.6 Å². The molecule has 5 atom stereocenters. The molecule has 0 spiro atoms. The molecule has 0 unspecified atom stereocenters. The van der Waals surface area contributed by atoms with Crippen molar-refractivity contribution in [1.82, 2.24) is 0 Å². The van der Waals surface area contributed by atoms with Crippen LogP contribution in [0.25, 0.3) is 22.3 Å². The standard InChI is InChI=1S/C23H22O12/c1-9(24)32-8-16-18(28)19(29)21(31)23(35-16)34-15-7-14-12(6-13(15)26)17(27)20(30)22(33-14)10-2-4-11(25)5-3-10/h2-7,16,18-19,21,23,25-26,28-31H,8H2,1H3/t16-,18-,19+,21-,23-/m1/s1. The second-order valence-electron chi connectivity index (χ2n) is 7.91. The number of phenols is 2. The molecule has 3 aromatic rings. The highest BCUT2D eigenvalue weighted by Crippen LogP contribution is 2.37. The molecule has 0 bridgehead atoms. The molecule has 1 fully saturated rings. The Morgan fingerprint density at radius 2 is 1.69 bits per heavy atom. The molecule has 2 heterocycles.